The first kappa shape index (κ1) is 27.2. The largest absolute Gasteiger partial charge is 0.424 e. The third-order valence-electron chi connectivity index (χ3n) is 6.28. The molecule has 3 rings (SSSR count). The molecule has 32 heavy (non-hydrogen) atoms. The lowest BCUT2D eigenvalue weighted by Crippen LogP contribution is -2.45. The van der Waals surface area contributed by atoms with E-state index in [0.717, 1.165) is 39.1 Å². The molecule has 2 fully saturated rings. The van der Waals surface area contributed by atoms with E-state index in [0.29, 0.717) is 18.4 Å². The summed E-state index contributed by atoms with van der Waals surface area (Å²) in [4.78, 5) is 12.8. The summed E-state index contributed by atoms with van der Waals surface area (Å²) in [6, 6.07) is 0. The van der Waals surface area contributed by atoms with E-state index in [1.165, 1.54) is 43.3 Å². The van der Waals surface area contributed by atoms with Crippen LogP contribution in [-0.4, -0.2) is 82.4 Å². The molecule has 2 unspecified atom stereocenters. The Hall–Kier alpha value is -1.08. The smallest absolute Gasteiger partial charge is 0.374 e. The molecule has 7 nitrogen and oxygen atoms in total. The minimum atomic E-state index is -4.84. The molecule has 0 aliphatic carbocycles. The molecular weight excluding hydrogens is 536 g/mol. The highest BCUT2D eigenvalue weighted by molar-refractivity contribution is 14.0. The number of aliphatic imine (C=N–C) groups is 1. The van der Waals surface area contributed by atoms with Crippen molar-refractivity contribution in [2.24, 2.45) is 18.0 Å². The van der Waals surface area contributed by atoms with Gasteiger partial charge in [-0.3, -0.25) is 4.99 Å². The fourth-order valence-corrected chi connectivity index (χ4v) is 4.58. The molecule has 3 heterocycles. The van der Waals surface area contributed by atoms with Gasteiger partial charge in [0, 0.05) is 58.6 Å². The van der Waals surface area contributed by atoms with E-state index in [2.05, 4.69) is 25.1 Å². The van der Waals surface area contributed by atoms with Crippen LogP contribution in [0.1, 0.15) is 44.9 Å². The molecule has 11 heteroatoms. The van der Waals surface area contributed by atoms with Gasteiger partial charge < -0.3 is 24.8 Å². The van der Waals surface area contributed by atoms with Gasteiger partial charge in [-0.15, -0.1) is 24.0 Å². The van der Waals surface area contributed by atoms with Gasteiger partial charge in [-0.05, 0) is 45.2 Å². The molecule has 1 aromatic heterocycles. The predicted octanol–water partition coefficient (Wildman–Crippen LogP) is 2.95. The summed E-state index contributed by atoms with van der Waals surface area (Å²) in [6.07, 6.45) is 2.12. The molecule has 0 spiro atoms. The fraction of sp³-hybridized carbons (Fsp3) is 0.810. The van der Waals surface area contributed by atoms with Crippen molar-refractivity contribution in [3.05, 3.63) is 18.2 Å². The van der Waals surface area contributed by atoms with Gasteiger partial charge in [0.2, 0.25) is 5.60 Å². The second-order valence-electron chi connectivity index (χ2n) is 8.67. The standard InChI is InChI=1S/C21H35F3N6O.HI/c1-3-25-19(30-13-7-17(16-30)15-29-11-5-4-6-12-29)27-9-8-20(31,21(22,23)24)18-26-10-14-28(18)2;/h10,14,17,31H,3-9,11-13,15-16H2,1-2H3,(H,25,27);1H. The summed E-state index contributed by atoms with van der Waals surface area (Å²) < 4.78 is 42.3. The van der Waals surface area contributed by atoms with Crippen LogP contribution in [0.15, 0.2) is 17.4 Å². The summed E-state index contributed by atoms with van der Waals surface area (Å²) in [7, 11) is 1.44. The Kier molecular flexibility index (Phi) is 10.1. The zero-order valence-electron chi connectivity index (χ0n) is 18.9. The molecule has 2 aliphatic rings. The van der Waals surface area contributed by atoms with E-state index in [9.17, 15) is 18.3 Å². The average Bonchev–Trinajstić information content (AvgIpc) is 3.36. The molecule has 2 saturated heterocycles. The van der Waals surface area contributed by atoms with Crippen LogP contribution in [0, 0.1) is 5.92 Å². The first-order valence-electron chi connectivity index (χ1n) is 11.3. The van der Waals surface area contributed by atoms with Gasteiger partial charge in [-0.2, -0.15) is 13.2 Å². The monoisotopic (exact) mass is 572 g/mol. The number of aromatic nitrogens is 2. The molecule has 2 atom stereocenters. The molecule has 1 aromatic rings. The van der Waals surface area contributed by atoms with E-state index >= 15 is 0 Å². The van der Waals surface area contributed by atoms with Crippen molar-refractivity contribution in [2.75, 3.05) is 45.8 Å². The molecule has 0 radical (unpaired) electrons. The van der Waals surface area contributed by atoms with Crippen molar-refractivity contribution < 1.29 is 18.3 Å². The number of rotatable bonds is 7. The Labute approximate surface area is 205 Å². The van der Waals surface area contributed by atoms with Crippen LogP contribution < -0.4 is 5.32 Å². The number of likely N-dealkylation sites (tertiary alicyclic amines) is 2. The normalized spacial score (nSPS) is 22.5. The van der Waals surface area contributed by atoms with E-state index in [4.69, 9.17) is 0 Å². The SMILES string of the molecule is CCNC(=NCCC(O)(c1nccn1C)C(F)(F)F)N1CCC(CN2CCCCC2)C1.I. The van der Waals surface area contributed by atoms with Gasteiger partial charge >= 0.3 is 6.18 Å². The van der Waals surface area contributed by atoms with Crippen LogP contribution in [0.3, 0.4) is 0 Å². The predicted molar refractivity (Wildman–Crippen MR) is 129 cm³/mol. The highest BCUT2D eigenvalue weighted by Crippen LogP contribution is 2.40. The summed E-state index contributed by atoms with van der Waals surface area (Å²) in [6.45, 7) is 7.51. The Morgan fingerprint density at radius 1 is 1.25 bits per heavy atom. The molecule has 184 valence electrons. The zero-order chi connectivity index (χ0) is 22.5. The molecule has 0 bridgehead atoms. The minimum Gasteiger partial charge on any atom is -0.374 e. The van der Waals surface area contributed by atoms with Crippen molar-refractivity contribution in [3.63, 3.8) is 0 Å². The third-order valence-corrected chi connectivity index (χ3v) is 6.28. The van der Waals surface area contributed by atoms with Gasteiger partial charge in [0.15, 0.2) is 5.96 Å². The van der Waals surface area contributed by atoms with Crippen molar-refractivity contribution >= 4 is 29.9 Å². The van der Waals surface area contributed by atoms with Crippen LogP contribution in [0.2, 0.25) is 0 Å². The molecule has 0 amide bonds. The first-order valence-corrected chi connectivity index (χ1v) is 11.3. The lowest BCUT2D eigenvalue weighted by molar-refractivity contribution is -0.272. The second kappa shape index (κ2) is 11.9. The minimum absolute atomic E-state index is 0. The average molecular weight is 572 g/mol. The van der Waals surface area contributed by atoms with Gasteiger partial charge in [0.25, 0.3) is 0 Å². The zero-order valence-corrected chi connectivity index (χ0v) is 21.3. The van der Waals surface area contributed by atoms with E-state index in [-0.39, 0.29) is 30.5 Å². The first-order chi connectivity index (χ1) is 14.7. The topological polar surface area (TPSA) is 68.9 Å². The van der Waals surface area contributed by atoms with Crippen molar-refractivity contribution in [2.45, 2.75) is 50.8 Å². The van der Waals surface area contributed by atoms with Gasteiger partial charge in [0.1, 0.15) is 5.82 Å². The van der Waals surface area contributed by atoms with Crippen LogP contribution in [0.4, 0.5) is 13.2 Å². The number of aryl methyl sites for hydroxylation is 1. The van der Waals surface area contributed by atoms with Crippen molar-refractivity contribution in [1.82, 2.24) is 24.7 Å². The highest BCUT2D eigenvalue weighted by atomic mass is 127. The van der Waals surface area contributed by atoms with E-state index in [1.54, 1.807) is 0 Å². The van der Waals surface area contributed by atoms with Crippen LogP contribution in [0.5, 0.6) is 0 Å². The van der Waals surface area contributed by atoms with Gasteiger partial charge in [0.05, 0.1) is 0 Å². The number of aliphatic hydroxyl groups is 1. The number of imidazole rings is 1. The number of nitrogens with zero attached hydrogens (tertiary/aromatic N) is 5. The quantitative estimate of drug-likeness (QED) is 0.299. The maximum absolute atomic E-state index is 13.7. The molecule has 0 aromatic carbocycles. The van der Waals surface area contributed by atoms with Crippen LogP contribution in [0.25, 0.3) is 0 Å². The number of halogens is 4. The Morgan fingerprint density at radius 3 is 2.56 bits per heavy atom. The van der Waals surface area contributed by atoms with Crippen molar-refractivity contribution in [1.29, 1.82) is 0 Å². The summed E-state index contributed by atoms with van der Waals surface area (Å²) in [5.41, 5.74) is -3.03. The number of guanidine groups is 1. The summed E-state index contributed by atoms with van der Waals surface area (Å²) >= 11 is 0. The lowest BCUT2D eigenvalue weighted by Gasteiger charge is -2.30. The second-order valence-corrected chi connectivity index (χ2v) is 8.67. The van der Waals surface area contributed by atoms with Gasteiger partial charge in [-0.25, -0.2) is 4.98 Å². The molecule has 2 N–H and O–H groups in total. The number of alkyl halides is 3. The maximum Gasteiger partial charge on any atom is 0.424 e. The number of hydrogen-bond donors (Lipinski definition) is 2. The number of hydrogen-bond acceptors (Lipinski definition) is 4. The summed E-state index contributed by atoms with van der Waals surface area (Å²) in [5, 5.41) is 13.7. The number of nitrogens with one attached hydrogen (secondary N) is 1. The van der Waals surface area contributed by atoms with Crippen LogP contribution in [-0.2, 0) is 12.6 Å². The third kappa shape index (κ3) is 6.49. The lowest BCUT2D eigenvalue weighted by atomic mass is 9.98. The van der Waals surface area contributed by atoms with E-state index in [1.807, 2.05) is 6.92 Å². The maximum atomic E-state index is 13.7. The molecule has 2 aliphatic heterocycles. The Balaban J connectivity index is 0.00000363. The van der Waals surface area contributed by atoms with Crippen LogP contribution >= 0.6 is 24.0 Å². The number of piperidine rings is 1. The molecule has 0 saturated carbocycles. The van der Waals surface area contributed by atoms with E-state index < -0.39 is 24.0 Å². The van der Waals surface area contributed by atoms with Crippen molar-refractivity contribution in [3.8, 4) is 0 Å². The Morgan fingerprint density at radius 2 is 1.97 bits per heavy atom. The molecular formula is C21H36F3IN6O. The Bertz CT molecular complexity index is 737. The van der Waals surface area contributed by atoms with Gasteiger partial charge in [-0.1, -0.05) is 6.42 Å². The summed E-state index contributed by atoms with van der Waals surface area (Å²) in [5.74, 6) is 0.748. The fourth-order valence-electron chi connectivity index (χ4n) is 4.58. The highest BCUT2D eigenvalue weighted by Gasteiger charge is 2.57.